The second kappa shape index (κ2) is 12.4. The summed E-state index contributed by atoms with van der Waals surface area (Å²) in [6.07, 6.45) is -0.991. The Morgan fingerprint density at radius 3 is 2.29 bits per heavy atom. The summed E-state index contributed by atoms with van der Waals surface area (Å²) >= 11 is 0. The van der Waals surface area contributed by atoms with Crippen molar-refractivity contribution >= 4 is 27.7 Å². The molecular weight excluding hydrogens is 557 g/mol. The second-order valence-electron chi connectivity index (χ2n) is 11.9. The first kappa shape index (κ1) is 31.5. The van der Waals surface area contributed by atoms with Gasteiger partial charge in [0.1, 0.15) is 11.4 Å². The first-order valence-corrected chi connectivity index (χ1v) is 16.1. The van der Waals surface area contributed by atoms with E-state index in [1.165, 1.54) is 11.2 Å². The lowest BCUT2D eigenvalue weighted by molar-refractivity contribution is -0.138. The molecule has 2 amide bonds. The van der Waals surface area contributed by atoms with Crippen LogP contribution in [0.2, 0.25) is 0 Å². The van der Waals surface area contributed by atoms with Crippen molar-refractivity contribution in [2.24, 2.45) is 16.8 Å². The second-order valence-corrected chi connectivity index (χ2v) is 14.0. The van der Waals surface area contributed by atoms with Crippen molar-refractivity contribution in [1.29, 1.82) is 0 Å². The summed E-state index contributed by atoms with van der Waals surface area (Å²) in [4.78, 5) is 29.0. The third-order valence-corrected chi connectivity index (χ3v) is 10.8. The molecular formula is C29H41F3N4O4S. The Morgan fingerprint density at radius 2 is 1.73 bits per heavy atom. The van der Waals surface area contributed by atoms with Gasteiger partial charge in [-0.2, -0.15) is 13.2 Å². The number of carbonyl (C=O) groups is 2. The molecule has 1 saturated carbocycles. The average Bonchev–Trinajstić information content (AvgIpc) is 3.21. The maximum atomic E-state index is 13.2. The molecule has 2 heterocycles. The largest absolute Gasteiger partial charge is 0.389 e. The van der Waals surface area contributed by atoms with Gasteiger partial charge in [-0.1, -0.05) is 12.1 Å². The predicted octanol–water partition coefficient (Wildman–Crippen LogP) is 4.32. The molecule has 1 aromatic carbocycles. The molecule has 41 heavy (non-hydrogen) atoms. The van der Waals surface area contributed by atoms with E-state index in [-0.39, 0.29) is 48.9 Å². The number of aliphatic imine (C=N–C) groups is 1. The number of hydrogen-bond donors (Lipinski definition) is 2. The highest BCUT2D eigenvalue weighted by molar-refractivity contribution is 7.89. The van der Waals surface area contributed by atoms with Crippen molar-refractivity contribution in [3.63, 3.8) is 0 Å². The van der Waals surface area contributed by atoms with E-state index in [1.807, 2.05) is 26.0 Å². The maximum Gasteiger partial charge on any atom is 0.389 e. The summed E-state index contributed by atoms with van der Waals surface area (Å²) in [5, 5.41) is 5.70. The van der Waals surface area contributed by atoms with E-state index in [0.29, 0.717) is 57.3 Å². The standard InChI is InChI=1S/C29H41F3N4O4S/c1-19-16-23(18-33-21(3)37)17-20(2)25(19)9-15-41(39,40)36-13-11-28(12-14-36)27(38)34-26(35-28)24-6-4-22(5-7-24)8-10-29(30,31)32/h16-17,22,24H,4-15,18H2,1-3H3,(H,33,37)(H,34,35,38). The van der Waals surface area contributed by atoms with Crippen LogP contribution in [0.15, 0.2) is 17.1 Å². The minimum Gasteiger partial charge on any atom is -0.352 e. The van der Waals surface area contributed by atoms with E-state index in [4.69, 9.17) is 4.99 Å². The van der Waals surface area contributed by atoms with Crippen LogP contribution >= 0.6 is 0 Å². The molecule has 0 aromatic heterocycles. The molecule has 1 aliphatic carbocycles. The lowest BCUT2D eigenvalue weighted by Gasteiger charge is -2.34. The normalized spacial score (nSPS) is 23.4. The number of hydrogen-bond acceptors (Lipinski definition) is 5. The van der Waals surface area contributed by atoms with E-state index >= 15 is 0 Å². The zero-order valence-electron chi connectivity index (χ0n) is 24.1. The van der Waals surface area contributed by atoms with E-state index in [2.05, 4.69) is 10.6 Å². The molecule has 8 nitrogen and oxygen atoms in total. The van der Waals surface area contributed by atoms with Crippen molar-refractivity contribution in [2.75, 3.05) is 18.8 Å². The average molecular weight is 599 g/mol. The van der Waals surface area contributed by atoms with E-state index in [9.17, 15) is 31.2 Å². The number of aryl methyl sites for hydroxylation is 2. The number of nitrogens with zero attached hydrogens (tertiary/aromatic N) is 2. The number of amidine groups is 1. The molecule has 2 N–H and O–H groups in total. The molecule has 228 valence electrons. The number of benzene rings is 1. The number of sulfonamides is 1. The fourth-order valence-corrected chi connectivity index (χ4v) is 7.93. The highest BCUT2D eigenvalue weighted by Gasteiger charge is 2.48. The van der Waals surface area contributed by atoms with Crippen molar-refractivity contribution in [3.8, 4) is 0 Å². The SMILES string of the molecule is CC(=O)NCc1cc(C)c(CCS(=O)(=O)N2CCC3(CC2)N=C(C2CCC(CCC(F)(F)F)CC2)NC3=O)c(C)c1. The lowest BCUT2D eigenvalue weighted by Crippen LogP contribution is -2.51. The number of halogens is 3. The molecule has 1 spiro atoms. The van der Waals surface area contributed by atoms with E-state index in [1.54, 1.807) is 0 Å². The van der Waals surface area contributed by atoms with E-state index < -0.39 is 28.2 Å². The number of amides is 2. The Morgan fingerprint density at radius 1 is 1.12 bits per heavy atom. The first-order chi connectivity index (χ1) is 19.2. The number of nitrogens with one attached hydrogen (secondary N) is 2. The van der Waals surface area contributed by atoms with Crippen LogP contribution in [-0.2, 0) is 32.6 Å². The summed E-state index contributed by atoms with van der Waals surface area (Å²) in [7, 11) is -3.55. The number of carbonyl (C=O) groups excluding carboxylic acids is 2. The van der Waals surface area contributed by atoms with Gasteiger partial charge >= 0.3 is 6.18 Å². The van der Waals surface area contributed by atoms with Crippen molar-refractivity contribution in [3.05, 3.63) is 34.4 Å². The van der Waals surface area contributed by atoms with Gasteiger partial charge in [0, 0.05) is 38.9 Å². The van der Waals surface area contributed by atoms with Gasteiger partial charge in [0.15, 0.2) is 0 Å². The Hall–Kier alpha value is -2.47. The third kappa shape index (κ3) is 7.88. The minimum absolute atomic E-state index is 0.0262. The van der Waals surface area contributed by atoms with Crippen LogP contribution in [0.1, 0.15) is 80.5 Å². The third-order valence-electron chi connectivity index (χ3n) is 8.92. The fraction of sp³-hybridized carbons (Fsp3) is 0.690. The minimum atomic E-state index is -4.13. The van der Waals surface area contributed by atoms with Crippen LogP contribution in [0.5, 0.6) is 0 Å². The van der Waals surface area contributed by atoms with Crippen molar-refractivity contribution in [1.82, 2.24) is 14.9 Å². The zero-order valence-corrected chi connectivity index (χ0v) is 24.9. The highest BCUT2D eigenvalue weighted by Crippen LogP contribution is 2.38. The molecule has 0 bridgehead atoms. The predicted molar refractivity (Wildman–Crippen MR) is 151 cm³/mol. The Labute approximate surface area is 240 Å². The van der Waals surface area contributed by atoms with Gasteiger partial charge in [-0.3, -0.25) is 14.6 Å². The van der Waals surface area contributed by atoms with Gasteiger partial charge in [0.25, 0.3) is 5.91 Å². The summed E-state index contributed by atoms with van der Waals surface area (Å²) in [5.41, 5.74) is 2.94. The number of piperidine rings is 1. The number of alkyl halides is 3. The monoisotopic (exact) mass is 598 g/mol. The molecule has 0 radical (unpaired) electrons. The van der Waals surface area contributed by atoms with Crippen molar-refractivity contribution in [2.45, 2.75) is 96.8 Å². The van der Waals surface area contributed by atoms with Crippen LogP contribution in [0.4, 0.5) is 13.2 Å². The summed E-state index contributed by atoms with van der Waals surface area (Å²) in [6, 6.07) is 3.94. The molecule has 0 unspecified atom stereocenters. The summed E-state index contributed by atoms with van der Waals surface area (Å²) in [5.74, 6) is 0.343. The number of rotatable bonds is 9. The molecule has 2 aliphatic heterocycles. The Balaban J connectivity index is 1.31. The van der Waals surface area contributed by atoms with E-state index in [0.717, 1.165) is 22.3 Å². The van der Waals surface area contributed by atoms with Gasteiger partial charge in [-0.05, 0) is 93.4 Å². The Bertz CT molecular complexity index is 1260. The van der Waals surface area contributed by atoms with Crippen LogP contribution in [-0.4, -0.2) is 60.9 Å². The first-order valence-electron chi connectivity index (χ1n) is 14.5. The summed E-state index contributed by atoms with van der Waals surface area (Å²) < 4.78 is 65.7. The summed E-state index contributed by atoms with van der Waals surface area (Å²) in [6.45, 7) is 6.20. The maximum absolute atomic E-state index is 13.2. The molecule has 0 atom stereocenters. The molecule has 2 fully saturated rings. The van der Waals surface area contributed by atoms with Gasteiger partial charge in [0.2, 0.25) is 15.9 Å². The van der Waals surface area contributed by atoms with Crippen LogP contribution in [0, 0.1) is 25.7 Å². The van der Waals surface area contributed by atoms with Crippen molar-refractivity contribution < 1.29 is 31.2 Å². The molecule has 4 rings (SSSR count). The molecule has 12 heteroatoms. The molecule has 1 aromatic rings. The van der Waals surface area contributed by atoms with Gasteiger partial charge in [-0.25, -0.2) is 12.7 Å². The molecule has 1 saturated heterocycles. The zero-order chi connectivity index (χ0) is 30.0. The molecule has 3 aliphatic rings. The van der Waals surface area contributed by atoms with Gasteiger partial charge < -0.3 is 10.6 Å². The quantitative estimate of drug-likeness (QED) is 0.441. The van der Waals surface area contributed by atoms with Crippen LogP contribution < -0.4 is 10.6 Å². The Kier molecular flexibility index (Phi) is 9.52. The fourth-order valence-electron chi connectivity index (χ4n) is 6.47. The van der Waals surface area contributed by atoms with Gasteiger partial charge in [-0.15, -0.1) is 0 Å². The highest BCUT2D eigenvalue weighted by atomic mass is 32.2. The van der Waals surface area contributed by atoms with Gasteiger partial charge in [0.05, 0.1) is 5.75 Å². The lowest BCUT2D eigenvalue weighted by atomic mass is 9.79. The smallest absolute Gasteiger partial charge is 0.352 e. The van der Waals surface area contributed by atoms with Crippen LogP contribution in [0.3, 0.4) is 0 Å². The van der Waals surface area contributed by atoms with Crippen LogP contribution in [0.25, 0.3) is 0 Å². The topological polar surface area (TPSA) is 108 Å².